The highest BCUT2D eigenvalue weighted by atomic mass is 32.1. The summed E-state index contributed by atoms with van der Waals surface area (Å²) in [4.78, 5) is 21.2. The summed E-state index contributed by atoms with van der Waals surface area (Å²) >= 11 is 0.951. The molecule has 1 aromatic rings. The first-order valence-electron chi connectivity index (χ1n) is 2.78. The molecule has 4 nitrogen and oxygen atoms in total. The number of methoxy groups -OCH3 is 1. The number of aromatic nitrogens is 1. The standard InChI is InChI=1S/C6H5NO3S/c1-10-6(9)5-2-4(3-8)7-11-5/h2-3H,1H3. The first-order chi connectivity index (χ1) is 5.27. The Labute approximate surface area is 67.0 Å². The summed E-state index contributed by atoms with van der Waals surface area (Å²) in [5, 5.41) is 0. The van der Waals surface area contributed by atoms with E-state index in [1.54, 1.807) is 0 Å². The van der Waals surface area contributed by atoms with Gasteiger partial charge >= 0.3 is 5.97 Å². The van der Waals surface area contributed by atoms with Gasteiger partial charge < -0.3 is 4.74 Å². The lowest BCUT2D eigenvalue weighted by atomic mass is 10.4. The number of rotatable bonds is 2. The number of ether oxygens (including phenoxy) is 1. The molecule has 0 aromatic carbocycles. The van der Waals surface area contributed by atoms with Crippen LogP contribution < -0.4 is 0 Å². The maximum atomic E-state index is 10.8. The van der Waals surface area contributed by atoms with Crippen LogP contribution in [0.2, 0.25) is 0 Å². The lowest BCUT2D eigenvalue weighted by Gasteiger charge is -1.89. The lowest BCUT2D eigenvalue weighted by Crippen LogP contribution is -1.96. The van der Waals surface area contributed by atoms with Gasteiger partial charge in [0.25, 0.3) is 0 Å². The Morgan fingerprint density at radius 1 is 1.82 bits per heavy atom. The van der Waals surface area contributed by atoms with Crippen LogP contribution in [0, 0.1) is 0 Å². The summed E-state index contributed by atoms with van der Waals surface area (Å²) in [5.74, 6) is -0.462. The predicted molar refractivity (Wildman–Crippen MR) is 38.8 cm³/mol. The van der Waals surface area contributed by atoms with Crippen molar-refractivity contribution in [2.45, 2.75) is 0 Å². The summed E-state index contributed by atoms with van der Waals surface area (Å²) in [7, 11) is 1.28. The molecule has 0 aliphatic carbocycles. The van der Waals surface area contributed by atoms with Gasteiger partial charge in [0.1, 0.15) is 10.6 Å². The number of hydrogen-bond acceptors (Lipinski definition) is 5. The van der Waals surface area contributed by atoms with Crippen molar-refractivity contribution in [1.82, 2.24) is 4.37 Å². The first kappa shape index (κ1) is 7.87. The van der Waals surface area contributed by atoms with Crippen molar-refractivity contribution in [1.29, 1.82) is 0 Å². The fourth-order valence-corrected chi connectivity index (χ4v) is 1.17. The second-order valence-electron chi connectivity index (χ2n) is 1.73. The molecule has 0 fully saturated rings. The second-order valence-corrected chi connectivity index (χ2v) is 2.53. The Morgan fingerprint density at radius 3 is 3.00 bits per heavy atom. The van der Waals surface area contributed by atoms with E-state index >= 15 is 0 Å². The van der Waals surface area contributed by atoms with Gasteiger partial charge in [0.2, 0.25) is 0 Å². The highest BCUT2D eigenvalue weighted by molar-refractivity contribution is 7.08. The van der Waals surface area contributed by atoms with E-state index < -0.39 is 5.97 Å². The molecule has 0 spiro atoms. The Morgan fingerprint density at radius 2 is 2.55 bits per heavy atom. The molecule has 0 radical (unpaired) electrons. The minimum absolute atomic E-state index is 0.260. The van der Waals surface area contributed by atoms with Crippen LogP contribution in [0.15, 0.2) is 6.07 Å². The number of aldehydes is 1. The van der Waals surface area contributed by atoms with Crippen LogP contribution in [-0.4, -0.2) is 23.7 Å². The fourth-order valence-electron chi connectivity index (χ4n) is 0.541. The fraction of sp³-hybridized carbons (Fsp3) is 0.167. The van der Waals surface area contributed by atoms with E-state index in [-0.39, 0.29) is 5.69 Å². The van der Waals surface area contributed by atoms with Crippen molar-refractivity contribution < 1.29 is 14.3 Å². The second kappa shape index (κ2) is 3.25. The minimum atomic E-state index is -0.462. The van der Waals surface area contributed by atoms with E-state index in [4.69, 9.17) is 0 Å². The topological polar surface area (TPSA) is 56.3 Å². The molecule has 11 heavy (non-hydrogen) atoms. The third kappa shape index (κ3) is 1.62. The van der Waals surface area contributed by atoms with Crippen molar-refractivity contribution in [2.75, 3.05) is 7.11 Å². The molecule has 0 saturated heterocycles. The van der Waals surface area contributed by atoms with Gasteiger partial charge in [-0.2, -0.15) is 4.37 Å². The van der Waals surface area contributed by atoms with Crippen molar-refractivity contribution in [3.8, 4) is 0 Å². The Kier molecular flexibility index (Phi) is 2.32. The molecule has 0 amide bonds. The molecule has 1 aromatic heterocycles. The van der Waals surface area contributed by atoms with E-state index in [1.807, 2.05) is 0 Å². The Bertz CT molecular complexity index is 281. The van der Waals surface area contributed by atoms with Gasteiger partial charge in [-0.1, -0.05) is 0 Å². The van der Waals surface area contributed by atoms with Gasteiger partial charge in [0.05, 0.1) is 7.11 Å². The summed E-state index contributed by atoms with van der Waals surface area (Å²) in [6.45, 7) is 0. The van der Waals surface area contributed by atoms with Gasteiger partial charge in [-0.25, -0.2) is 4.79 Å². The van der Waals surface area contributed by atoms with Crippen LogP contribution in [0.25, 0.3) is 0 Å². The SMILES string of the molecule is COC(=O)c1cc(C=O)ns1. The van der Waals surface area contributed by atoms with E-state index in [9.17, 15) is 9.59 Å². The molecular formula is C6H5NO3S. The molecule has 0 saturated carbocycles. The predicted octanol–water partition coefficient (Wildman–Crippen LogP) is 0.742. The van der Waals surface area contributed by atoms with E-state index in [2.05, 4.69) is 9.11 Å². The van der Waals surface area contributed by atoms with Gasteiger partial charge in [-0.15, -0.1) is 0 Å². The van der Waals surface area contributed by atoms with Gasteiger partial charge in [-0.05, 0) is 17.6 Å². The molecule has 0 atom stereocenters. The zero-order chi connectivity index (χ0) is 8.27. The molecule has 0 bridgehead atoms. The van der Waals surface area contributed by atoms with Crippen molar-refractivity contribution >= 4 is 23.8 Å². The van der Waals surface area contributed by atoms with E-state index in [1.165, 1.54) is 13.2 Å². The highest BCUT2D eigenvalue weighted by Gasteiger charge is 2.09. The summed E-state index contributed by atoms with van der Waals surface area (Å²) in [6.07, 6.45) is 0.586. The smallest absolute Gasteiger partial charge is 0.349 e. The quantitative estimate of drug-likeness (QED) is 0.486. The molecule has 0 N–H and O–H groups in total. The zero-order valence-corrected chi connectivity index (χ0v) is 6.55. The van der Waals surface area contributed by atoms with Crippen LogP contribution in [0.3, 0.4) is 0 Å². The molecule has 0 aliphatic rings. The number of nitrogens with zero attached hydrogens (tertiary/aromatic N) is 1. The molecule has 1 rings (SSSR count). The summed E-state index contributed by atoms with van der Waals surface area (Å²) < 4.78 is 8.09. The normalized spacial score (nSPS) is 9.18. The Balaban J connectivity index is 2.88. The van der Waals surface area contributed by atoms with Gasteiger partial charge in [0, 0.05) is 0 Å². The average molecular weight is 171 g/mol. The number of esters is 1. The van der Waals surface area contributed by atoms with Crippen LogP contribution >= 0.6 is 11.5 Å². The molecule has 0 unspecified atom stereocenters. The average Bonchev–Trinajstić information content (AvgIpc) is 2.50. The largest absolute Gasteiger partial charge is 0.465 e. The molecule has 58 valence electrons. The zero-order valence-electron chi connectivity index (χ0n) is 5.73. The third-order valence-corrected chi connectivity index (χ3v) is 1.82. The first-order valence-corrected chi connectivity index (χ1v) is 3.55. The van der Waals surface area contributed by atoms with Crippen LogP contribution in [0.5, 0.6) is 0 Å². The monoisotopic (exact) mass is 171 g/mol. The maximum Gasteiger partial charge on any atom is 0.349 e. The van der Waals surface area contributed by atoms with Crippen molar-refractivity contribution in [2.24, 2.45) is 0 Å². The third-order valence-electron chi connectivity index (χ3n) is 1.04. The molecule has 1 heterocycles. The van der Waals surface area contributed by atoms with Gasteiger partial charge in [-0.3, -0.25) is 4.79 Å². The van der Waals surface area contributed by atoms with Crippen LogP contribution in [-0.2, 0) is 4.74 Å². The van der Waals surface area contributed by atoms with Crippen LogP contribution in [0.1, 0.15) is 20.2 Å². The summed E-state index contributed by atoms with van der Waals surface area (Å²) in [5.41, 5.74) is 0.260. The molecule has 0 aliphatic heterocycles. The molecular weight excluding hydrogens is 166 g/mol. The Hall–Kier alpha value is -1.23. The van der Waals surface area contributed by atoms with Crippen molar-refractivity contribution in [3.05, 3.63) is 16.6 Å². The lowest BCUT2D eigenvalue weighted by molar-refractivity contribution is 0.0606. The van der Waals surface area contributed by atoms with Gasteiger partial charge in [0.15, 0.2) is 6.29 Å². The highest BCUT2D eigenvalue weighted by Crippen LogP contribution is 2.09. The van der Waals surface area contributed by atoms with E-state index in [0.717, 1.165) is 11.5 Å². The maximum absolute atomic E-state index is 10.8. The number of carbonyl (C=O) groups is 2. The molecule has 5 heteroatoms. The van der Waals surface area contributed by atoms with Crippen molar-refractivity contribution in [3.63, 3.8) is 0 Å². The minimum Gasteiger partial charge on any atom is -0.465 e. The number of hydrogen-bond donors (Lipinski definition) is 0. The number of carbonyl (C=O) groups excluding carboxylic acids is 2. The summed E-state index contributed by atoms with van der Waals surface area (Å²) in [6, 6.07) is 1.39. The van der Waals surface area contributed by atoms with E-state index in [0.29, 0.717) is 11.2 Å². The van der Waals surface area contributed by atoms with Crippen LogP contribution in [0.4, 0.5) is 0 Å².